The van der Waals surface area contributed by atoms with E-state index in [0.29, 0.717) is 28.4 Å². The molecule has 1 aromatic carbocycles. The van der Waals surface area contributed by atoms with Gasteiger partial charge in [-0.25, -0.2) is 0 Å². The number of rotatable bonds is 6. The molecule has 2 unspecified atom stereocenters. The number of hydrogen-bond acceptors (Lipinski definition) is 3. The minimum atomic E-state index is 0.187. The third kappa shape index (κ3) is 3.54. The molecule has 0 aliphatic heterocycles. The van der Waals surface area contributed by atoms with E-state index in [4.69, 9.17) is 21.1 Å². The topological polar surface area (TPSA) is 30.5 Å². The SMILES string of the molecule is CNC(c1cc(OC)c(OC)cc1Cl)C(C)C(C)C. The maximum Gasteiger partial charge on any atom is 0.162 e. The van der Waals surface area contributed by atoms with E-state index in [1.165, 1.54) is 0 Å². The first-order valence-electron chi connectivity index (χ1n) is 6.54. The lowest BCUT2D eigenvalue weighted by atomic mass is 9.86. The highest BCUT2D eigenvalue weighted by atomic mass is 35.5. The Morgan fingerprint density at radius 1 is 1.05 bits per heavy atom. The van der Waals surface area contributed by atoms with Crippen molar-refractivity contribution in [1.82, 2.24) is 5.32 Å². The van der Waals surface area contributed by atoms with Crippen molar-refractivity contribution in [1.29, 1.82) is 0 Å². The Morgan fingerprint density at radius 2 is 1.58 bits per heavy atom. The van der Waals surface area contributed by atoms with Crippen molar-refractivity contribution >= 4 is 11.6 Å². The average Bonchev–Trinajstić information content (AvgIpc) is 2.40. The van der Waals surface area contributed by atoms with Crippen molar-refractivity contribution in [3.8, 4) is 11.5 Å². The molecule has 1 rings (SSSR count). The summed E-state index contributed by atoms with van der Waals surface area (Å²) in [7, 11) is 5.20. The van der Waals surface area contributed by atoms with E-state index in [2.05, 4.69) is 26.1 Å². The quantitative estimate of drug-likeness (QED) is 0.860. The van der Waals surface area contributed by atoms with E-state index < -0.39 is 0 Å². The zero-order valence-electron chi connectivity index (χ0n) is 12.6. The predicted molar refractivity (Wildman–Crippen MR) is 80.4 cm³/mol. The Bertz CT molecular complexity index is 421. The Hall–Kier alpha value is -0.930. The van der Waals surface area contributed by atoms with Gasteiger partial charge in [0.15, 0.2) is 11.5 Å². The van der Waals surface area contributed by atoms with Crippen LogP contribution in [0.25, 0.3) is 0 Å². The minimum absolute atomic E-state index is 0.187. The third-order valence-corrected chi connectivity index (χ3v) is 4.05. The number of ether oxygens (including phenoxy) is 2. The van der Waals surface area contributed by atoms with Gasteiger partial charge < -0.3 is 14.8 Å². The van der Waals surface area contributed by atoms with Crippen LogP contribution in [0.1, 0.15) is 32.4 Å². The average molecular weight is 286 g/mol. The van der Waals surface area contributed by atoms with Crippen LogP contribution >= 0.6 is 11.6 Å². The second-order valence-electron chi connectivity index (χ2n) is 5.10. The van der Waals surface area contributed by atoms with Gasteiger partial charge in [-0.05, 0) is 30.5 Å². The Morgan fingerprint density at radius 3 is 2.00 bits per heavy atom. The molecule has 0 bridgehead atoms. The van der Waals surface area contributed by atoms with E-state index in [9.17, 15) is 0 Å². The smallest absolute Gasteiger partial charge is 0.162 e. The van der Waals surface area contributed by atoms with Gasteiger partial charge in [-0.2, -0.15) is 0 Å². The van der Waals surface area contributed by atoms with Crippen LogP contribution in [0, 0.1) is 11.8 Å². The zero-order chi connectivity index (χ0) is 14.6. The molecule has 0 radical (unpaired) electrons. The molecular weight excluding hydrogens is 262 g/mol. The normalized spacial score (nSPS) is 14.3. The lowest BCUT2D eigenvalue weighted by Gasteiger charge is -2.28. The van der Waals surface area contributed by atoms with Crippen molar-refractivity contribution in [3.63, 3.8) is 0 Å². The van der Waals surface area contributed by atoms with E-state index in [-0.39, 0.29) is 6.04 Å². The molecule has 0 aliphatic carbocycles. The van der Waals surface area contributed by atoms with Crippen molar-refractivity contribution in [2.45, 2.75) is 26.8 Å². The number of benzene rings is 1. The van der Waals surface area contributed by atoms with Crippen LogP contribution in [-0.4, -0.2) is 21.3 Å². The van der Waals surface area contributed by atoms with Crippen molar-refractivity contribution < 1.29 is 9.47 Å². The van der Waals surface area contributed by atoms with Crippen LogP contribution in [-0.2, 0) is 0 Å². The monoisotopic (exact) mass is 285 g/mol. The zero-order valence-corrected chi connectivity index (χ0v) is 13.3. The van der Waals surface area contributed by atoms with E-state index in [0.717, 1.165) is 5.56 Å². The Balaban J connectivity index is 3.24. The highest BCUT2D eigenvalue weighted by Gasteiger charge is 2.24. The fourth-order valence-electron chi connectivity index (χ4n) is 2.19. The third-order valence-electron chi connectivity index (χ3n) is 3.73. The van der Waals surface area contributed by atoms with Crippen LogP contribution in [0.2, 0.25) is 5.02 Å². The van der Waals surface area contributed by atoms with Gasteiger partial charge in [0, 0.05) is 17.1 Å². The van der Waals surface area contributed by atoms with Gasteiger partial charge in [-0.15, -0.1) is 0 Å². The van der Waals surface area contributed by atoms with Crippen molar-refractivity contribution in [2.24, 2.45) is 11.8 Å². The summed E-state index contributed by atoms with van der Waals surface area (Å²) in [5.74, 6) is 2.38. The standard InChI is InChI=1S/C15H24ClNO2/c1-9(2)10(3)15(17-4)11-7-13(18-5)14(19-6)8-12(11)16/h7-10,15,17H,1-6H3. The summed E-state index contributed by atoms with van der Waals surface area (Å²) in [6.07, 6.45) is 0. The molecule has 0 amide bonds. The summed E-state index contributed by atoms with van der Waals surface area (Å²) in [6, 6.07) is 3.96. The maximum atomic E-state index is 6.38. The molecule has 4 heteroatoms. The van der Waals surface area contributed by atoms with Crippen LogP contribution in [0.4, 0.5) is 0 Å². The Labute approximate surface area is 121 Å². The fourth-order valence-corrected chi connectivity index (χ4v) is 2.47. The van der Waals surface area contributed by atoms with Gasteiger partial charge in [0.25, 0.3) is 0 Å². The Kier molecular flexibility index (Phi) is 5.95. The van der Waals surface area contributed by atoms with Gasteiger partial charge in [0.05, 0.1) is 14.2 Å². The van der Waals surface area contributed by atoms with Gasteiger partial charge in [0.2, 0.25) is 0 Å². The summed E-state index contributed by atoms with van der Waals surface area (Å²) < 4.78 is 10.6. The molecule has 0 aliphatic rings. The van der Waals surface area contributed by atoms with Crippen molar-refractivity contribution in [2.75, 3.05) is 21.3 Å². The maximum absolute atomic E-state index is 6.38. The van der Waals surface area contributed by atoms with Crippen LogP contribution < -0.4 is 14.8 Å². The fraction of sp³-hybridized carbons (Fsp3) is 0.600. The molecule has 108 valence electrons. The highest BCUT2D eigenvalue weighted by molar-refractivity contribution is 6.31. The molecule has 0 saturated carbocycles. The molecule has 2 atom stereocenters. The molecule has 1 N–H and O–H groups in total. The van der Waals surface area contributed by atoms with E-state index in [1.807, 2.05) is 19.2 Å². The summed E-state index contributed by atoms with van der Waals surface area (Å²) in [4.78, 5) is 0. The lowest BCUT2D eigenvalue weighted by Crippen LogP contribution is -2.27. The number of nitrogens with one attached hydrogen (secondary N) is 1. The first-order valence-corrected chi connectivity index (χ1v) is 6.92. The first-order chi connectivity index (χ1) is 8.96. The summed E-state index contributed by atoms with van der Waals surface area (Å²) in [5, 5.41) is 4.05. The van der Waals surface area contributed by atoms with Crippen LogP contribution in [0.3, 0.4) is 0 Å². The molecule has 19 heavy (non-hydrogen) atoms. The molecule has 0 aromatic heterocycles. The number of methoxy groups -OCH3 is 2. The minimum Gasteiger partial charge on any atom is -0.493 e. The largest absolute Gasteiger partial charge is 0.493 e. The first kappa shape index (κ1) is 16.1. The summed E-state index contributed by atoms with van der Waals surface area (Å²) in [5.41, 5.74) is 1.04. The highest BCUT2D eigenvalue weighted by Crippen LogP contribution is 2.39. The number of halogens is 1. The molecule has 0 spiro atoms. The van der Waals surface area contributed by atoms with E-state index in [1.54, 1.807) is 14.2 Å². The lowest BCUT2D eigenvalue weighted by molar-refractivity contribution is 0.314. The molecule has 0 heterocycles. The van der Waals surface area contributed by atoms with E-state index >= 15 is 0 Å². The van der Waals surface area contributed by atoms with Crippen LogP contribution in [0.15, 0.2) is 12.1 Å². The van der Waals surface area contributed by atoms with Gasteiger partial charge in [-0.1, -0.05) is 32.4 Å². The number of hydrogen-bond donors (Lipinski definition) is 1. The summed E-state index contributed by atoms with van der Waals surface area (Å²) >= 11 is 6.38. The molecule has 1 aromatic rings. The molecular formula is C15H24ClNO2. The second-order valence-corrected chi connectivity index (χ2v) is 5.51. The van der Waals surface area contributed by atoms with Gasteiger partial charge in [0.1, 0.15) is 0 Å². The molecule has 3 nitrogen and oxygen atoms in total. The van der Waals surface area contributed by atoms with Crippen molar-refractivity contribution in [3.05, 3.63) is 22.7 Å². The van der Waals surface area contributed by atoms with Gasteiger partial charge >= 0.3 is 0 Å². The summed E-state index contributed by atoms with van der Waals surface area (Å²) in [6.45, 7) is 6.65. The molecule has 0 fully saturated rings. The second kappa shape index (κ2) is 7.01. The molecule has 0 saturated heterocycles. The van der Waals surface area contributed by atoms with Gasteiger partial charge in [-0.3, -0.25) is 0 Å². The van der Waals surface area contributed by atoms with Crippen LogP contribution in [0.5, 0.6) is 11.5 Å². The predicted octanol–water partition coefficient (Wildman–Crippen LogP) is 3.91.